The molecule has 2 heterocycles. The zero-order valence-electron chi connectivity index (χ0n) is 12.4. The second-order valence-electron chi connectivity index (χ2n) is 6.04. The number of aryl methyl sites for hydroxylation is 1. The molecule has 0 amide bonds. The van der Waals surface area contributed by atoms with Crippen molar-refractivity contribution in [2.45, 2.75) is 45.6 Å². The van der Waals surface area contributed by atoms with Crippen LogP contribution in [0.25, 0.3) is 0 Å². The van der Waals surface area contributed by atoms with Gasteiger partial charge >= 0.3 is 0 Å². The molecule has 0 spiro atoms. The summed E-state index contributed by atoms with van der Waals surface area (Å²) in [6, 6.07) is 4.58. The average Bonchev–Trinajstić information content (AvgIpc) is 3.06. The summed E-state index contributed by atoms with van der Waals surface area (Å²) in [6.45, 7) is 9.60. The van der Waals surface area contributed by atoms with Crippen molar-refractivity contribution in [3.05, 3.63) is 24.2 Å². The summed E-state index contributed by atoms with van der Waals surface area (Å²) >= 11 is 0. The van der Waals surface area contributed by atoms with Gasteiger partial charge in [0, 0.05) is 19.0 Å². The standard InChI is InChI=1S/C16H28N2O/c1-14(13-18-9-3-4-10-18)12-17-15(2)7-8-16-6-5-11-19-16/h5-6,11,14-15,17H,3-4,7-10,12-13H2,1-2H3. The number of hydrogen-bond acceptors (Lipinski definition) is 3. The molecule has 2 atom stereocenters. The first-order chi connectivity index (χ1) is 9.24. The van der Waals surface area contributed by atoms with Crippen LogP contribution in [0.3, 0.4) is 0 Å². The molecule has 0 saturated carbocycles. The molecule has 19 heavy (non-hydrogen) atoms. The molecule has 2 rings (SSSR count). The van der Waals surface area contributed by atoms with E-state index in [9.17, 15) is 0 Å². The third-order valence-electron chi connectivity index (χ3n) is 3.99. The van der Waals surface area contributed by atoms with Gasteiger partial charge in [-0.1, -0.05) is 6.92 Å². The van der Waals surface area contributed by atoms with Gasteiger partial charge in [0.2, 0.25) is 0 Å². The van der Waals surface area contributed by atoms with Crippen molar-refractivity contribution in [3.8, 4) is 0 Å². The first kappa shape index (κ1) is 14.6. The summed E-state index contributed by atoms with van der Waals surface area (Å²) < 4.78 is 5.36. The van der Waals surface area contributed by atoms with Gasteiger partial charge in [0.1, 0.15) is 5.76 Å². The van der Waals surface area contributed by atoms with Gasteiger partial charge in [0.25, 0.3) is 0 Å². The Balaban J connectivity index is 1.55. The van der Waals surface area contributed by atoms with E-state index in [1.807, 2.05) is 6.07 Å². The summed E-state index contributed by atoms with van der Waals surface area (Å²) in [5.41, 5.74) is 0. The highest BCUT2D eigenvalue weighted by Crippen LogP contribution is 2.10. The fourth-order valence-corrected chi connectivity index (χ4v) is 2.79. The minimum atomic E-state index is 0.561. The Labute approximate surface area is 117 Å². The Morgan fingerprint density at radius 2 is 2.11 bits per heavy atom. The maximum absolute atomic E-state index is 5.36. The van der Waals surface area contributed by atoms with Crippen molar-refractivity contribution in [2.24, 2.45) is 5.92 Å². The van der Waals surface area contributed by atoms with Gasteiger partial charge in [-0.15, -0.1) is 0 Å². The summed E-state index contributed by atoms with van der Waals surface area (Å²) in [4.78, 5) is 2.60. The minimum Gasteiger partial charge on any atom is -0.469 e. The lowest BCUT2D eigenvalue weighted by Gasteiger charge is -2.22. The fourth-order valence-electron chi connectivity index (χ4n) is 2.79. The van der Waals surface area contributed by atoms with E-state index in [0.717, 1.165) is 31.1 Å². The monoisotopic (exact) mass is 264 g/mol. The van der Waals surface area contributed by atoms with E-state index < -0.39 is 0 Å². The van der Waals surface area contributed by atoms with Crippen LogP contribution in [-0.4, -0.2) is 37.1 Å². The number of nitrogens with one attached hydrogen (secondary N) is 1. The molecule has 1 fully saturated rings. The molecule has 3 heteroatoms. The molecule has 0 aromatic carbocycles. The van der Waals surface area contributed by atoms with Crippen LogP contribution in [0, 0.1) is 5.92 Å². The van der Waals surface area contributed by atoms with Crippen molar-refractivity contribution in [1.82, 2.24) is 10.2 Å². The molecule has 1 aromatic rings. The summed E-state index contributed by atoms with van der Waals surface area (Å²) in [7, 11) is 0. The van der Waals surface area contributed by atoms with E-state index in [1.165, 1.54) is 32.5 Å². The highest BCUT2D eigenvalue weighted by atomic mass is 16.3. The van der Waals surface area contributed by atoms with Crippen molar-refractivity contribution in [2.75, 3.05) is 26.2 Å². The van der Waals surface area contributed by atoms with Crippen molar-refractivity contribution < 1.29 is 4.42 Å². The Kier molecular flexibility index (Phi) is 5.93. The fraction of sp³-hybridized carbons (Fsp3) is 0.750. The van der Waals surface area contributed by atoms with Crippen LogP contribution in [0.5, 0.6) is 0 Å². The maximum Gasteiger partial charge on any atom is 0.103 e. The van der Waals surface area contributed by atoms with E-state index in [1.54, 1.807) is 6.26 Å². The molecule has 108 valence electrons. The first-order valence-corrected chi connectivity index (χ1v) is 7.72. The molecule has 1 N–H and O–H groups in total. The second kappa shape index (κ2) is 7.71. The van der Waals surface area contributed by atoms with Gasteiger partial charge < -0.3 is 14.6 Å². The topological polar surface area (TPSA) is 28.4 Å². The van der Waals surface area contributed by atoms with E-state index in [4.69, 9.17) is 4.42 Å². The van der Waals surface area contributed by atoms with Gasteiger partial charge in [-0.05, 0) is 63.9 Å². The molecule has 0 radical (unpaired) electrons. The maximum atomic E-state index is 5.36. The van der Waals surface area contributed by atoms with E-state index >= 15 is 0 Å². The third-order valence-corrected chi connectivity index (χ3v) is 3.99. The van der Waals surface area contributed by atoms with Gasteiger partial charge in [-0.25, -0.2) is 0 Å². The lowest BCUT2D eigenvalue weighted by Crippen LogP contribution is -2.35. The van der Waals surface area contributed by atoms with E-state index in [-0.39, 0.29) is 0 Å². The van der Waals surface area contributed by atoms with Crippen LogP contribution in [0.15, 0.2) is 22.8 Å². The number of nitrogens with zero attached hydrogens (tertiary/aromatic N) is 1. The van der Waals surface area contributed by atoms with Gasteiger partial charge in [-0.3, -0.25) is 0 Å². The number of likely N-dealkylation sites (tertiary alicyclic amines) is 1. The molecule has 1 saturated heterocycles. The van der Waals surface area contributed by atoms with Crippen LogP contribution >= 0.6 is 0 Å². The predicted molar refractivity (Wildman–Crippen MR) is 79.3 cm³/mol. The van der Waals surface area contributed by atoms with Crippen molar-refractivity contribution in [3.63, 3.8) is 0 Å². The summed E-state index contributed by atoms with van der Waals surface area (Å²) in [5, 5.41) is 3.65. The summed E-state index contributed by atoms with van der Waals surface area (Å²) in [6.07, 6.45) is 6.70. The van der Waals surface area contributed by atoms with Crippen molar-refractivity contribution in [1.29, 1.82) is 0 Å². The number of rotatable bonds is 8. The molecule has 3 nitrogen and oxygen atoms in total. The molecule has 2 unspecified atom stereocenters. The lowest BCUT2D eigenvalue weighted by molar-refractivity contribution is 0.277. The van der Waals surface area contributed by atoms with Crippen LogP contribution in [0.4, 0.5) is 0 Å². The largest absolute Gasteiger partial charge is 0.469 e. The second-order valence-corrected chi connectivity index (χ2v) is 6.04. The minimum absolute atomic E-state index is 0.561. The van der Waals surface area contributed by atoms with Gasteiger partial charge in [0.05, 0.1) is 6.26 Å². The zero-order valence-corrected chi connectivity index (χ0v) is 12.4. The Morgan fingerprint density at radius 3 is 2.79 bits per heavy atom. The first-order valence-electron chi connectivity index (χ1n) is 7.72. The highest BCUT2D eigenvalue weighted by molar-refractivity contribution is 4.98. The number of furan rings is 1. The Morgan fingerprint density at radius 1 is 1.32 bits per heavy atom. The Hall–Kier alpha value is -0.800. The van der Waals surface area contributed by atoms with E-state index in [0.29, 0.717) is 6.04 Å². The zero-order chi connectivity index (χ0) is 13.5. The normalized spacial score (nSPS) is 19.7. The average molecular weight is 264 g/mol. The quantitative estimate of drug-likeness (QED) is 0.782. The predicted octanol–water partition coefficient (Wildman–Crippen LogP) is 2.92. The molecule has 1 aliphatic rings. The Bertz CT molecular complexity index is 331. The number of hydrogen-bond donors (Lipinski definition) is 1. The third kappa shape index (κ3) is 5.37. The van der Waals surface area contributed by atoms with Crippen LogP contribution in [-0.2, 0) is 6.42 Å². The molecule has 1 aromatic heterocycles. The van der Waals surface area contributed by atoms with Crippen LogP contribution in [0.2, 0.25) is 0 Å². The van der Waals surface area contributed by atoms with Gasteiger partial charge in [0.15, 0.2) is 0 Å². The van der Waals surface area contributed by atoms with Crippen LogP contribution in [0.1, 0.15) is 38.9 Å². The van der Waals surface area contributed by atoms with E-state index in [2.05, 4.69) is 30.1 Å². The lowest BCUT2D eigenvalue weighted by atomic mass is 10.1. The smallest absolute Gasteiger partial charge is 0.103 e. The highest BCUT2D eigenvalue weighted by Gasteiger charge is 2.15. The molecule has 0 aliphatic carbocycles. The summed E-state index contributed by atoms with van der Waals surface area (Å²) in [5.74, 6) is 1.84. The SMILES string of the molecule is CC(CNC(C)CCc1ccco1)CN1CCCC1. The van der Waals surface area contributed by atoms with Crippen LogP contribution < -0.4 is 5.32 Å². The van der Waals surface area contributed by atoms with Gasteiger partial charge in [-0.2, -0.15) is 0 Å². The molecule has 0 bridgehead atoms. The molecular formula is C16H28N2O. The molecule has 1 aliphatic heterocycles. The van der Waals surface area contributed by atoms with Crippen molar-refractivity contribution >= 4 is 0 Å². The molecular weight excluding hydrogens is 236 g/mol.